The number of anilines is 1. The maximum absolute atomic E-state index is 13.0. The molecule has 1 heterocycles. The van der Waals surface area contributed by atoms with Gasteiger partial charge in [0, 0.05) is 24.7 Å². The first-order chi connectivity index (χ1) is 12.5. The topological polar surface area (TPSA) is 66.5 Å². The minimum absolute atomic E-state index is 0.157. The van der Waals surface area contributed by atoms with Crippen LogP contribution in [0.5, 0.6) is 0 Å². The van der Waals surface area contributed by atoms with Crippen molar-refractivity contribution in [2.75, 3.05) is 11.9 Å². The van der Waals surface area contributed by atoms with Crippen molar-refractivity contribution in [3.8, 4) is 0 Å². The predicted octanol–water partition coefficient (Wildman–Crippen LogP) is 3.57. The van der Waals surface area contributed by atoms with Crippen molar-refractivity contribution in [2.45, 2.75) is 43.5 Å². The largest absolute Gasteiger partial charge is 0.326 e. The van der Waals surface area contributed by atoms with Gasteiger partial charge in [-0.15, -0.1) is 0 Å². The van der Waals surface area contributed by atoms with E-state index in [4.69, 9.17) is 0 Å². The van der Waals surface area contributed by atoms with E-state index >= 15 is 0 Å². The zero-order valence-electron chi connectivity index (χ0n) is 14.9. The molecule has 0 radical (unpaired) electrons. The Morgan fingerprint density at radius 3 is 2.62 bits per heavy atom. The lowest BCUT2D eigenvalue weighted by Gasteiger charge is -2.34. The first-order valence-electron chi connectivity index (χ1n) is 8.90. The highest BCUT2D eigenvalue weighted by Gasteiger charge is 2.34. The number of aryl methyl sites for hydroxylation is 1. The highest BCUT2D eigenvalue weighted by Crippen LogP contribution is 2.27. The third-order valence-corrected chi connectivity index (χ3v) is 6.61. The molecule has 1 fully saturated rings. The van der Waals surface area contributed by atoms with Gasteiger partial charge in [-0.25, -0.2) is 8.42 Å². The molecule has 2 aromatic rings. The second-order valence-corrected chi connectivity index (χ2v) is 8.59. The Balaban J connectivity index is 1.74. The SMILES string of the molecule is Cc1cccc(NC(=O)C[C@@H]2CCCCN2S(=O)(=O)c2ccccc2)c1. The van der Waals surface area contributed by atoms with Crippen LogP contribution in [0.4, 0.5) is 5.69 Å². The molecular weight excluding hydrogens is 348 g/mol. The van der Waals surface area contributed by atoms with Gasteiger partial charge in [0.05, 0.1) is 4.90 Å². The molecule has 6 heteroatoms. The highest BCUT2D eigenvalue weighted by atomic mass is 32.2. The molecule has 0 spiro atoms. The molecule has 0 bridgehead atoms. The van der Waals surface area contributed by atoms with Gasteiger partial charge in [0.15, 0.2) is 0 Å². The fourth-order valence-electron chi connectivity index (χ4n) is 3.37. The molecular formula is C20H24N2O3S. The van der Waals surface area contributed by atoms with Crippen LogP contribution in [0.1, 0.15) is 31.2 Å². The Bertz CT molecular complexity index is 866. The number of hydrogen-bond donors (Lipinski definition) is 1. The van der Waals surface area contributed by atoms with Crippen LogP contribution in [0.15, 0.2) is 59.5 Å². The molecule has 1 aliphatic heterocycles. The molecule has 138 valence electrons. The monoisotopic (exact) mass is 372 g/mol. The fourth-order valence-corrected chi connectivity index (χ4v) is 5.08. The lowest BCUT2D eigenvalue weighted by molar-refractivity contribution is -0.117. The molecule has 2 aromatic carbocycles. The van der Waals surface area contributed by atoms with Gasteiger partial charge in [-0.1, -0.05) is 36.8 Å². The molecule has 0 aliphatic carbocycles. The maximum atomic E-state index is 13.0. The van der Waals surface area contributed by atoms with E-state index in [0.717, 1.165) is 24.1 Å². The third-order valence-electron chi connectivity index (χ3n) is 4.65. The molecule has 3 rings (SSSR count). The molecule has 5 nitrogen and oxygen atoms in total. The molecule has 1 N–H and O–H groups in total. The van der Waals surface area contributed by atoms with Crippen molar-refractivity contribution in [1.29, 1.82) is 0 Å². The number of rotatable bonds is 5. The molecule has 1 atom stereocenters. The number of sulfonamides is 1. The smallest absolute Gasteiger partial charge is 0.243 e. The van der Waals surface area contributed by atoms with Crippen molar-refractivity contribution in [3.05, 3.63) is 60.2 Å². The number of amides is 1. The van der Waals surface area contributed by atoms with E-state index in [1.807, 2.05) is 31.2 Å². The maximum Gasteiger partial charge on any atom is 0.243 e. The van der Waals surface area contributed by atoms with Crippen LogP contribution < -0.4 is 5.32 Å². The van der Waals surface area contributed by atoms with E-state index in [2.05, 4.69) is 5.32 Å². The van der Waals surface area contributed by atoms with E-state index in [0.29, 0.717) is 13.0 Å². The Hall–Kier alpha value is -2.18. The number of nitrogens with zero attached hydrogens (tertiary/aromatic N) is 1. The lowest BCUT2D eigenvalue weighted by Crippen LogP contribution is -2.45. The van der Waals surface area contributed by atoms with Crippen LogP contribution in [0.2, 0.25) is 0 Å². The first-order valence-corrected chi connectivity index (χ1v) is 10.3. The summed E-state index contributed by atoms with van der Waals surface area (Å²) in [6.45, 7) is 2.42. The second-order valence-electron chi connectivity index (χ2n) is 6.70. The average Bonchev–Trinajstić information content (AvgIpc) is 2.63. The van der Waals surface area contributed by atoms with Crippen molar-refractivity contribution in [2.24, 2.45) is 0 Å². The molecule has 0 unspecified atom stereocenters. The minimum Gasteiger partial charge on any atom is -0.326 e. The van der Waals surface area contributed by atoms with Crippen molar-refractivity contribution in [3.63, 3.8) is 0 Å². The number of piperidine rings is 1. The van der Waals surface area contributed by atoms with Gasteiger partial charge in [-0.2, -0.15) is 4.31 Å². The number of benzene rings is 2. The van der Waals surface area contributed by atoms with Crippen LogP contribution in [0, 0.1) is 6.92 Å². The van der Waals surface area contributed by atoms with Crippen molar-refractivity contribution < 1.29 is 13.2 Å². The minimum atomic E-state index is -3.58. The highest BCUT2D eigenvalue weighted by molar-refractivity contribution is 7.89. The van der Waals surface area contributed by atoms with E-state index in [1.165, 1.54) is 4.31 Å². The summed E-state index contributed by atoms with van der Waals surface area (Å²) in [5.41, 5.74) is 1.80. The van der Waals surface area contributed by atoms with Gasteiger partial charge in [-0.05, 0) is 49.6 Å². The summed E-state index contributed by atoms with van der Waals surface area (Å²) in [5.74, 6) is -0.157. The van der Waals surface area contributed by atoms with E-state index in [1.54, 1.807) is 30.3 Å². The number of carbonyl (C=O) groups is 1. The van der Waals surface area contributed by atoms with Crippen molar-refractivity contribution in [1.82, 2.24) is 4.31 Å². The zero-order valence-corrected chi connectivity index (χ0v) is 15.7. The van der Waals surface area contributed by atoms with Crippen LogP contribution in [-0.4, -0.2) is 31.2 Å². The van der Waals surface area contributed by atoms with Gasteiger partial charge >= 0.3 is 0 Å². The van der Waals surface area contributed by atoms with Gasteiger partial charge in [0.1, 0.15) is 0 Å². The van der Waals surface area contributed by atoms with Gasteiger partial charge < -0.3 is 5.32 Å². The molecule has 1 aliphatic rings. The Morgan fingerprint density at radius 1 is 1.12 bits per heavy atom. The molecule has 0 saturated carbocycles. The normalized spacial score (nSPS) is 18.4. The van der Waals surface area contributed by atoms with Gasteiger partial charge in [-0.3, -0.25) is 4.79 Å². The summed E-state index contributed by atoms with van der Waals surface area (Å²) in [7, 11) is -3.58. The Labute approximate surface area is 155 Å². The van der Waals surface area contributed by atoms with Crippen LogP contribution in [-0.2, 0) is 14.8 Å². The quantitative estimate of drug-likeness (QED) is 0.872. The fraction of sp³-hybridized carbons (Fsp3) is 0.350. The number of nitrogens with one attached hydrogen (secondary N) is 1. The van der Waals surface area contributed by atoms with Crippen LogP contribution in [0.25, 0.3) is 0 Å². The average molecular weight is 372 g/mol. The second kappa shape index (κ2) is 8.01. The van der Waals surface area contributed by atoms with E-state index in [-0.39, 0.29) is 23.3 Å². The molecule has 1 amide bonds. The Morgan fingerprint density at radius 2 is 1.88 bits per heavy atom. The molecule has 26 heavy (non-hydrogen) atoms. The van der Waals surface area contributed by atoms with Crippen LogP contribution >= 0.6 is 0 Å². The summed E-state index contributed by atoms with van der Waals surface area (Å²) in [6, 6.07) is 15.7. The van der Waals surface area contributed by atoms with Crippen molar-refractivity contribution >= 4 is 21.6 Å². The van der Waals surface area contributed by atoms with Crippen LogP contribution in [0.3, 0.4) is 0 Å². The summed E-state index contributed by atoms with van der Waals surface area (Å²) in [5, 5.41) is 2.88. The van der Waals surface area contributed by atoms with Gasteiger partial charge in [0.2, 0.25) is 15.9 Å². The summed E-state index contributed by atoms with van der Waals surface area (Å²) < 4.78 is 27.5. The predicted molar refractivity (Wildman–Crippen MR) is 102 cm³/mol. The van der Waals surface area contributed by atoms with E-state index in [9.17, 15) is 13.2 Å². The van der Waals surface area contributed by atoms with Gasteiger partial charge in [0.25, 0.3) is 0 Å². The summed E-state index contributed by atoms with van der Waals surface area (Å²) in [4.78, 5) is 12.8. The molecule has 0 aromatic heterocycles. The standard InChI is InChI=1S/C20H24N2O3S/c1-16-8-7-9-17(14-16)21-20(23)15-18-10-5-6-13-22(18)26(24,25)19-11-3-2-4-12-19/h2-4,7-9,11-12,14,18H,5-6,10,13,15H2,1H3,(H,21,23)/t18-/m0/s1. The summed E-state index contributed by atoms with van der Waals surface area (Å²) >= 11 is 0. The third kappa shape index (κ3) is 4.31. The first kappa shape index (κ1) is 18.6. The number of carbonyl (C=O) groups excluding carboxylic acids is 1. The lowest BCUT2D eigenvalue weighted by atomic mass is 10.0. The zero-order chi connectivity index (χ0) is 18.6. The summed E-state index contributed by atoms with van der Waals surface area (Å²) in [6.07, 6.45) is 2.62. The van der Waals surface area contributed by atoms with E-state index < -0.39 is 10.0 Å². The number of hydrogen-bond acceptors (Lipinski definition) is 3. The molecule has 1 saturated heterocycles. The Kier molecular flexibility index (Phi) is 5.74.